The van der Waals surface area contributed by atoms with Crippen LogP contribution in [0, 0.1) is 11.8 Å². The van der Waals surface area contributed by atoms with E-state index in [1.165, 1.54) is 0 Å². The summed E-state index contributed by atoms with van der Waals surface area (Å²) in [7, 11) is 0. The van der Waals surface area contributed by atoms with Gasteiger partial charge in [-0.2, -0.15) is 0 Å². The average Bonchev–Trinajstić information content (AvgIpc) is 2.45. The summed E-state index contributed by atoms with van der Waals surface area (Å²) in [5, 5.41) is 0. The highest BCUT2D eigenvalue weighted by Gasteiger charge is 2.23. The highest BCUT2D eigenvalue weighted by molar-refractivity contribution is 5.76. The van der Waals surface area contributed by atoms with E-state index in [0.717, 1.165) is 19.3 Å². The van der Waals surface area contributed by atoms with Gasteiger partial charge in [0.1, 0.15) is 12.1 Å². The lowest BCUT2D eigenvalue weighted by Crippen LogP contribution is -2.39. The van der Waals surface area contributed by atoms with E-state index in [4.69, 9.17) is 20.9 Å². The number of carbonyl (C=O) groups excluding carboxylic acids is 2. The van der Waals surface area contributed by atoms with Crippen molar-refractivity contribution in [3.05, 3.63) is 0 Å². The number of rotatable bonds is 10. The van der Waals surface area contributed by atoms with Crippen LogP contribution < -0.4 is 11.5 Å². The summed E-state index contributed by atoms with van der Waals surface area (Å²) in [6, 6.07) is -1.19. The second kappa shape index (κ2) is 10.6. The Morgan fingerprint density at radius 1 is 0.955 bits per heavy atom. The van der Waals surface area contributed by atoms with E-state index >= 15 is 0 Å². The van der Waals surface area contributed by atoms with Crippen LogP contribution in [0.1, 0.15) is 53.9 Å². The molecule has 0 fully saturated rings. The molecule has 4 N–H and O–H groups in total. The molecule has 0 radical (unpaired) electrons. The summed E-state index contributed by atoms with van der Waals surface area (Å²) in [5.41, 5.74) is 11.6. The first-order valence-electron chi connectivity index (χ1n) is 8.08. The largest absolute Gasteiger partial charge is 0.465 e. The van der Waals surface area contributed by atoms with Crippen molar-refractivity contribution in [1.29, 1.82) is 0 Å². The Balaban J connectivity index is 4.04. The Bertz CT molecular complexity index is 347. The minimum Gasteiger partial charge on any atom is -0.465 e. The molecule has 0 rings (SSSR count). The number of ether oxygens (including phenoxy) is 2. The topological polar surface area (TPSA) is 105 Å². The fourth-order valence-electron chi connectivity index (χ4n) is 1.99. The zero-order valence-corrected chi connectivity index (χ0v) is 14.5. The second-order valence-electron chi connectivity index (χ2n) is 6.20. The minimum atomic E-state index is -0.604. The molecule has 0 spiro atoms. The molecule has 6 nitrogen and oxygen atoms in total. The van der Waals surface area contributed by atoms with E-state index in [2.05, 4.69) is 0 Å². The van der Waals surface area contributed by atoms with Gasteiger partial charge in [-0.25, -0.2) is 0 Å². The number of carbonyl (C=O) groups is 2. The molecule has 6 heteroatoms. The number of nitrogens with two attached hydrogens (primary N) is 2. The van der Waals surface area contributed by atoms with Crippen LogP contribution in [0.3, 0.4) is 0 Å². The van der Waals surface area contributed by atoms with Gasteiger partial charge in [-0.3, -0.25) is 9.59 Å². The van der Waals surface area contributed by atoms with Crippen molar-refractivity contribution in [1.82, 2.24) is 0 Å². The minimum absolute atomic E-state index is 0.0277. The molecule has 0 aliphatic heterocycles. The van der Waals surface area contributed by atoms with E-state index < -0.39 is 12.1 Å². The molecule has 0 aromatic carbocycles. The number of hydrogen-bond acceptors (Lipinski definition) is 6. The van der Waals surface area contributed by atoms with Gasteiger partial charge in [-0.15, -0.1) is 0 Å². The molecule has 0 saturated carbocycles. The molecule has 2 unspecified atom stereocenters. The van der Waals surface area contributed by atoms with Crippen LogP contribution in [0.4, 0.5) is 0 Å². The Kier molecular flexibility index (Phi) is 10.0. The van der Waals surface area contributed by atoms with Crippen molar-refractivity contribution in [3.8, 4) is 0 Å². The zero-order chi connectivity index (χ0) is 17.3. The maximum absolute atomic E-state index is 11.7. The molecular formula is C16H32N2O4. The Morgan fingerprint density at radius 2 is 1.55 bits per heavy atom. The van der Waals surface area contributed by atoms with Gasteiger partial charge in [0.05, 0.1) is 12.7 Å². The molecule has 130 valence electrons. The van der Waals surface area contributed by atoms with Crippen molar-refractivity contribution in [2.24, 2.45) is 23.3 Å². The molecule has 0 heterocycles. The van der Waals surface area contributed by atoms with Gasteiger partial charge in [-0.05, 0) is 44.9 Å². The van der Waals surface area contributed by atoms with Crippen molar-refractivity contribution in [2.45, 2.75) is 72.1 Å². The molecule has 0 bridgehead atoms. The van der Waals surface area contributed by atoms with Gasteiger partial charge in [-0.1, -0.05) is 20.8 Å². The first kappa shape index (κ1) is 20.9. The first-order valence-corrected chi connectivity index (χ1v) is 8.08. The summed E-state index contributed by atoms with van der Waals surface area (Å²) in [4.78, 5) is 23.3. The summed E-state index contributed by atoms with van der Waals surface area (Å²) in [5.74, 6) is -0.640. The fraction of sp³-hybridized carbons (Fsp3) is 0.875. The van der Waals surface area contributed by atoms with E-state index in [0.29, 0.717) is 6.61 Å². The Hall–Kier alpha value is -1.14. The predicted octanol–water partition coefficient (Wildman–Crippen LogP) is 1.60. The third kappa shape index (κ3) is 7.75. The predicted molar refractivity (Wildman–Crippen MR) is 86.0 cm³/mol. The number of hydrogen-bond donors (Lipinski definition) is 2. The van der Waals surface area contributed by atoms with E-state index in [9.17, 15) is 9.59 Å². The fourth-order valence-corrected chi connectivity index (χ4v) is 1.99. The standard InChI is InChI=1S/C16H32N2O4/c1-6-21-15(19)14(18)11(4)8-7-9-12(5)22-16(20)13(17)10(2)3/h10-14H,6-9,17-18H2,1-5H3/t11?,12?,13-,14-/m0/s1. The van der Waals surface area contributed by atoms with Crippen LogP contribution in [0.2, 0.25) is 0 Å². The van der Waals surface area contributed by atoms with Crippen molar-refractivity contribution in [2.75, 3.05) is 6.61 Å². The molecule has 0 aromatic rings. The lowest BCUT2D eigenvalue weighted by atomic mass is 9.95. The maximum Gasteiger partial charge on any atom is 0.323 e. The van der Waals surface area contributed by atoms with Gasteiger partial charge >= 0.3 is 11.9 Å². The highest BCUT2D eigenvalue weighted by Crippen LogP contribution is 2.15. The SMILES string of the molecule is CCOC(=O)[C@@H](N)C(C)CCCC(C)OC(=O)[C@@H](N)C(C)C. The molecule has 0 aromatic heterocycles. The van der Waals surface area contributed by atoms with E-state index in [-0.39, 0.29) is 29.9 Å². The van der Waals surface area contributed by atoms with Crippen molar-refractivity contribution < 1.29 is 19.1 Å². The summed E-state index contributed by atoms with van der Waals surface area (Å²) < 4.78 is 10.2. The van der Waals surface area contributed by atoms with Crippen LogP contribution in [0.5, 0.6) is 0 Å². The zero-order valence-electron chi connectivity index (χ0n) is 14.5. The van der Waals surface area contributed by atoms with Crippen LogP contribution in [0.15, 0.2) is 0 Å². The van der Waals surface area contributed by atoms with E-state index in [1.807, 2.05) is 27.7 Å². The molecule has 4 atom stereocenters. The quantitative estimate of drug-likeness (QED) is 0.593. The van der Waals surface area contributed by atoms with Crippen LogP contribution in [-0.4, -0.2) is 36.7 Å². The average molecular weight is 316 g/mol. The summed E-state index contributed by atoms with van der Waals surface area (Å²) >= 11 is 0. The Labute approximate surface area is 133 Å². The number of esters is 2. The van der Waals surface area contributed by atoms with Gasteiger partial charge < -0.3 is 20.9 Å². The first-order chi connectivity index (χ1) is 10.2. The molecule has 0 saturated heterocycles. The summed E-state index contributed by atoms with van der Waals surface area (Å²) in [6.45, 7) is 9.63. The molecule has 22 heavy (non-hydrogen) atoms. The molecule has 0 aliphatic rings. The van der Waals surface area contributed by atoms with Crippen LogP contribution >= 0.6 is 0 Å². The lowest BCUT2D eigenvalue weighted by Gasteiger charge is -2.21. The normalized spacial score (nSPS) is 16.7. The summed E-state index contributed by atoms with van der Waals surface area (Å²) in [6.07, 6.45) is 2.12. The third-order valence-electron chi connectivity index (χ3n) is 3.75. The van der Waals surface area contributed by atoms with E-state index in [1.54, 1.807) is 6.92 Å². The van der Waals surface area contributed by atoms with Crippen molar-refractivity contribution >= 4 is 11.9 Å². The van der Waals surface area contributed by atoms with Crippen molar-refractivity contribution in [3.63, 3.8) is 0 Å². The third-order valence-corrected chi connectivity index (χ3v) is 3.75. The Morgan fingerprint density at radius 3 is 2.05 bits per heavy atom. The molecular weight excluding hydrogens is 284 g/mol. The lowest BCUT2D eigenvalue weighted by molar-refractivity contribution is -0.151. The monoisotopic (exact) mass is 316 g/mol. The van der Waals surface area contributed by atoms with Crippen LogP contribution in [0.25, 0.3) is 0 Å². The van der Waals surface area contributed by atoms with Crippen LogP contribution in [-0.2, 0) is 19.1 Å². The smallest absolute Gasteiger partial charge is 0.323 e. The van der Waals surface area contributed by atoms with Gasteiger partial charge in [0.15, 0.2) is 0 Å². The van der Waals surface area contributed by atoms with Gasteiger partial charge in [0, 0.05) is 0 Å². The second-order valence-corrected chi connectivity index (χ2v) is 6.20. The highest BCUT2D eigenvalue weighted by atomic mass is 16.5. The van der Waals surface area contributed by atoms with Gasteiger partial charge in [0.2, 0.25) is 0 Å². The maximum atomic E-state index is 11.7. The molecule has 0 amide bonds. The molecule has 0 aliphatic carbocycles. The van der Waals surface area contributed by atoms with Gasteiger partial charge in [0.25, 0.3) is 0 Å².